The molecule has 252 valence electrons. The van der Waals surface area contributed by atoms with Crippen molar-refractivity contribution in [1.29, 1.82) is 0 Å². The predicted octanol–water partition coefficient (Wildman–Crippen LogP) is 12.7. The van der Waals surface area contributed by atoms with Gasteiger partial charge in [0.2, 0.25) is 0 Å². The number of rotatable bonds is 5. The molecule has 5 heteroatoms. The molecule has 11 rings (SSSR count). The van der Waals surface area contributed by atoms with Crippen molar-refractivity contribution < 1.29 is 4.42 Å². The summed E-state index contributed by atoms with van der Waals surface area (Å²) in [5, 5.41) is 6.99. The molecule has 5 nitrogen and oxygen atoms in total. The Kier molecular flexibility index (Phi) is 6.79. The van der Waals surface area contributed by atoms with Gasteiger partial charge in [0.1, 0.15) is 11.2 Å². The summed E-state index contributed by atoms with van der Waals surface area (Å²) in [6.07, 6.45) is 0. The van der Waals surface area contributed by atoms with Crippen molar-refractivity contribution in [2.75, 3.05) is 0 Å². The Morgan fingerprint density at radius 3 is 1.52 bits per heavy atom. The first-order valence-electron chi connectivity index (χ1n) is 18.1. The molecule has 0 radical (unpaired) electrons. The van der Waals surface area contributed by atoms with Gasteiger partial charge in [0.05, 0.1) is 11.0 Å². The molecule has 0 unspecified atom stereocenters. The summed E-state index contributed by atoms with van der Waals surface area (Å²) in [5.74, 6) is 1.90. The van der Waals surface area contributed by atoms with Crippen LogP contribution in [0.25, 0.3) is 105 Å². The van der Waals surface area contributed by atoms with E-state index >= 15 is 0 Å². The molecule has 0 atom stereocenters. The van der Waals surface area contributed by atoms with E-state index in [1.54, 1.807) is 0 Å². The molecule has 0 N–H and O–H groups in total. The average Bonchev–Trinajstić information content (AvgIpc) is 3.79. The van der Waals surface area contributed by atoms with Crippen molar-refractivity contribution in [2.24, 2.45) is 0 Å². The number of para-hydroxylation sites is 2. The third-order valence-electron chi connectivity index (χ3n) is 10.4. The molecular formula is C49H30N4O. The van der Waals surface area contributed by atoms with Gasteiger partial charge >= 0.3 is 0 Å². The van der Waals surface area contributed by atoms with E-state index in [4.69, 9.17) is 19.4 Å². The van der Waals surface area contributed by atoms with Gasteiger partial charge < -0.3 is 8.98 Å². The van der Waals surface area contributed by atoms with Crippen LogP contribution in [0.1, 0.15) is 0 Å². The molecule has 3 aromatic heterocycles. The van der Waals surface area contributed by atoms with Gasteiger partial charge in [-0.2, -0.15) is 0 Å². The topological polar surface area (TPSA) is 56.7 Å². The average molecular weight is 691 g/mol. The lowest BCUT2D eigenvalue weighted by molar-refractivity contribution is 0.669. The molecule has 3 heterocycles. The van der Waals surface area contributed by atoms with Gasteiger partial charge in [-0.1, -0.05) is 140 Å². The van der Waals surface area contributed by atoms with Crippen LogP contribution in [-0.2, 0) is 0 Å². The van der Waals surface area contributed by atoms with Crippen molar-refractivity contribution in [1.82, 2.24) is 19.5 Å². The van der Waals surface area contributed by atoms with Gasteiger partial charge in [0.25, 0.3) is 0 Å². The fourth-order valence-corrected chi connectivity index (χ4v) is 7.97. The van der Waals surface area contributed by atoms with Crippen LogP contribution in [0.2, 0.25) is 0 Å². The Morgan fingerprint density at radius 1 is 0.352 bits per heavy atom. The zero-order chi connectivity index (χ0) is 35.6. The number of furan rings is 1. The fourth-order valence-electron chi connectivity index (χ4n) is 7.97. The second-order valence-corrected chi connectivity index (χ2v) is 13.6. The molecule has 0 aliphatic rings. The first kappa shape index (κ1) is 30.3. The lowest BCUT2D eigenvalue weighted by atomic mass is 9.94. The second kappa shape index (κ2) is 12.1. The highest BCUT2D eigenvalue weighted by Crippen LogP contribution is 2.42. The molecule has 54 heavy (non-hydrogen) atoms. The highest BCUT2D eigenvalue weighted by atomic mass is 16.3. The quantitative estimate of drug-likeness (QED) is 0.180. The summed E-state index contributed by atoms with van der Waals surface area (Å²) in [5.41, 5.74) is 10.1. The largest absolute Gasteiger partial charge is 0.456 e. The summed E-state index contributed by atoms with van der Waals surface area (Å²) >= 11 is 0. The maximum absolute atomic E-state index is 6.78. The van der Waals surface area contributed by atoms with E-state index in [1.165, 1.54) is 21.8 Å². The Hall–Kier alpha value is -7.37. The number of fused-ring (bicyclic) bond motifs is 8. The second-order valence-electron chi connectivity index (χ2n) is 13.6. The van der Waals surface area contributed by atoms with Gasteiger partial charge in [0, 0.05) is 50.0 Å². The third kappa shape index (κ3) is 4.83. The SMILES string of the molecule is c1ccc(-c2nc(-c3ccccc3)nc(-c3cccc(-c4cc5oc6cc(-n7c8ccccc8c8ccccc87)ccc6c5c5ccccc45)c3)n2)cc1. The zero-order valence-electron chi connectivity index (χ0n) is 29.0. The summed E-state index contributed by atoms with van der Waals surface area (Å²) in [6.45, 7) is 0. The molecule has 0 spiro atoms. The summed E-state index contributed by atoms with van der Waals surface area (Å²) < 4.78 is 9.12. The van der Waals surface area contributed by atoms with Gasteiger partial charge in [0.15, 0.2) is 17.5 Å². The third-order valence-corrected chi connectivity index (χ3v) is 10.4. The van der Waals surface area contributed by atoms with Crippen LogP contribution < -0.4 is 0 Å². The summed E-state index contributed by atoms with van der Waals surface area (Å²) in [6, 6.07) is 63.2. The van der Waals surface area contributed by atoms with Crippen LogP contribution >= 0.6 is 0 Å². The highest BCUT2D eigenvalue weighted by Gasteiger charge is 2.19. The molecule has 8 aromatic carbocycles. The van der Waals surface area contributed by atoms with Crippen molar-refractivity contribution in [3.8, 4) is 51.0 Å². The van der Waals surface area contributed by atoms with Crippen LogP contribution in [0, 0.1) is 0 Å². The first-order chi connectivity index (χ1) is 26.8. The van der Waals surface area contributed by atoms with E-state index in [-0.39, 0.29) is 0 Å². The fraction of sp³-hybridized carbons (Fsp3) is 0. The molecule has 0 saturated carbocycles. The highest BCUT2D eigenvalue weighted by molar-refractivity contribution is 6.22. The minimum atomic E-state index is 0.622. The number of nitrogens with zero attached hydrogens (tertiary/aromatic N) is 4. The number of benzene rings is 8. The van der Waals surface area contributed by atoms with Crippen LogP contribution in [0.3, 0.4) is 0 Å². The monoisotopic (exact) mass is 690 g/mol. The normalized spacial score (nSPS) is 11.7. The minimum Gasteiger partial charge on any atom is -0.456 e. The van der Waals surface area contributed by atoms with Crippen molar-refractivity contribution >= 4 is 54.5 Å². The Morgan fingerprint density at radius 2 is 0.870 bits per heavy atom. The van der Waals surface area contributed by atoms with Crippen LogP contribution in [0.4, 0.5) is 0 Å². The number of hydrogen-bond acceptors (Lipinski definition) is 4. The molecule has 11 aromatic rings. The molecular weight excluding hydrogens is 661 g/mol. The van der Waals surface area contributed by atoms with Gasteiger partial charge in [-0.15, -0.1) is 0 Å². The van der Waals surface area contributed by atoms with Crippen molar-refractivity contribution in [2.45, 2.75) is 0 Å². The predicted molar refractivity (Wildman–Crippen MR) is 221 cm³/mol. The van der Waals surface area contributed by atoms with E-state index < -0.39 is 0 Å². The zero-order valence-corrected chi connectivity index (χ0v) is 29.0. The van der Waals surface area contributed by atoms with E-state index in [1.807, 2.05) is 60.7 Å². The van der Waals surface area contributed by atoms with E-state index in [9.17, 15) is 0 Å². The molecule has 0 aliphatic carbocycles. The van der Waals surface area contributed by atoms with E-state index in [2.05, 4.69) is 126 Å². The molecule has 0 bridgehead atoms. The summed E-state index contributed by atoms with van der Waals surface area (Å²) in [4.78, 5) is 14.9. The lowest BCUT2D eigenvalue weighted by Crippen LogP contribution is -2.00. The first-order valence-corrected chi connectivity index (χ1v) is 18.1. The van der Waals surface area contributed by atoms with E-state index in [0.29, 0.717) is 17.5 Å². The lowest BCUT2D eigenvalue weighted by Gasteiger charge is -2.11. The number of hydrogen-bond donors (Lipinski definition) is 0. The van der Waals surface area contributed by atoms with Crippen molar-refractivity contribution in [3.05, 3.63) is 182 Å². The van der Waals surface area contributed by atoms with Crippen LogP contribution in [-0.4, -0.2) is 19.5 Å². The van der Waals surface area contributed by atoms with Gasteiger partial charge in [-0.3, -0.25) is 0 Å². The van der Waals surface area contributed by atoms with Crippen molar-refractivity contribution in [3.63, 3.8) is 0 Å². The van der Waals surface area contributed by atoms with E-state index in [0.717, 1.165) is 66.2 Å². The van der Waals surface area contributed by atoms with Crippen LogP contribution in [0.5, 0.6) is 0 Å². The Balaban J connectivity index is 1.08. The Labute approximate surface area is 310 Å². The standard InChI is InChI=1S/C49H30N4O/c1-3-14-31(15-4-1)47-50-48(32-16-5-2-6-17-32)52-49(51-47)34-19-13-18-33(28-34)41-30-45-46(39-23-8-7-20-36(39)41)40-27-26-35(29-44(40)54-45)53-42-24-11-9-21-37(42)38-22-10-12-25-43(38)53/h1-30H. The van der Waals surface area contributed by atoms with Gasteiger partial charge in [-0.05, 0) is 58.3 Å². The minimum absolute atomic E-state index is 0.622. The maximum atomic E-state index is 6.78. The maximum Gasteiger partial charge on any atom is 0.164 e. The Bertz CT molecular complexity index is 3110. The van der Waals surface area contributed by atoms with Crippen LogP contribution in [0.15, 0.2) is 186 Å². The molecule has 0 aliphatic heterocycles. The summed E-state index contributed by atoms with van der Waals surface area (Å²) in [7, 11) is 0. The number of aromatic nitrogens is 4. The van der Waals surface area contributed by atoms with Gasteiger partial charge in [-0.25, -0.2) is 15.0 Å². The molecule has 0 fully saturated rings. The molecule has 0 saturated heterocycles. The molecule has 0 amide bonds. The smallest absolute Gasteiger partial charge is 0.164 e.